The Hall–Kier alpha value is -0.213. The number of rotatable bonds is 2. The van der Waals surface area contributed by atoms with Gasteiger partial charge in [0.2, 0.25) is 0 Å². The zero-order chi connectivity index (χ0) is 10.1. The Morgan fingerprint density at radius 3 is 2.23 bits per heavy atom. The standard InChI is InChI=1S/C11H18SSi/c1-9-7-6-8-11(10(9)2)12-13(3,4)5/h6-8H,1-5H3/i3+1. The van der Waals surface area contributed by atoms with Crippen LogP contribution in [0.5, 0.6) is 0 Å². The van der Waals surface area contributed by atoms with Crippen molar-refractivity contribution in [1.29, 1.82) is 0 Å². The molecular formula is C11H18SSi. The summed E-state index contributed by atoms with van der Waals surface area (Å²) in [6.07, 6.45) is 0. The average molecular weight is 211 g/mol. The van der Waals surface area contributed by atoms with Gasteiger partial charge in [0.25, 0.3) is 0 Å². The Morgan fingerprint density at radius 2 is 1.69 bits per heavy atom. The van der Waals surface area contributed by atoms with Gasteiger partial charge in [-0.2, -0.15) is 11.2 Å². The molecule has 0 bridgehead atoms. The van der Waals surface area contributed by atoms with Crippen LogP contribution in [-0.2, 0) is 0 Å². The van der Waals surface area contributed by atoms with Crippen molar-refractivity contribution in [3.8, 4) is 0 Å². The minimum absolute atomic E-state index is 1.04. The van der Waals surface area contributed by atoms with E-state index >= 15 is 0 Å². The van der Waals surface area contributed by atoms with Gasteiger partial charge in [0.05, 0.1) is 0 Å². The van der Waals surface area contributed by atoms with Crippen LogP contribution in [0, 0.1) is 13.8 Å². The van der Waals surface area contributed by atoms with Gasteiger partial charge >= 0.3 is 0 Å². The van der Waals surface area contributed by atoms with Gasteiger partial charge in [0.1, 0.15) is 7.22 Å². The highest BCUT2D eigenvalue weighted by Gasteiger charge is 2.16. The molecule has 0 aromatic heterocycles. The largest absolute Gasteiger partial charge is 0.151 e. The van der Waals surface area contributed by atoms with Crippen LogP contribution in [0.4, 0.5) is 0 Å². The highest BCUT2D eigenvalue weighted by molar-refractivity contribution is 8.28. The average Bonchev–Trinajstić information content (AvgIpc) is 1.96. The Balaban J connectivity index is 2.96. The van der Waals surface area contributed by atoms with Crippen LogP contribution in [0.3, 0.4) is 0 Å². The fourth-order valence-electron chi connectivity index (χ4n) is 1.16. The minimum atomic E-state index is -1.04. The summed E-state index contributed by atoms with van der Waals surface area (Å²) in [5.74, 6) is 0. The first-order chi connectivity index (χ1) is 5.90. The van der Waals surface area contributed by atoms with Crippen LogP contribution in [0.2, 0.25) is 19.6 Å². The third-order valence-corrected chi connectivity index (χ3v) is 5.74. The van der Waals surface area contributed by atoms with Gasteiger partial charge in [-0.3, -0.25) is 0 Å². The number of hydrogen-bond donors (Lipinski definition) is 0. The quantitative estimate of drug-likeness (QED) is 0.521. The lowest BCUT2D eigenvalue weighted by Crippen LogP contribution is -2.13. The predicted molar refractivity (Wildman–Crippen MR) is 65.1 cm³/mol. The molecule has 13 heavy (non-hydrogen) atoms. The molecule has 0 heterocycles. The fourth-order valence-corrected chi connectivity index (χ4v) is 4.93. The second kappa shape index (κ2) is 3.89. The van der Waals surface area contributed by atoms with Crippen LogP contribution in [0.25, 0.3) is 0 Å². The molecule has 0 amide bonds. The van der Waals surface area contributed by atoms with Crippen molar-refractivity contribution in [3.63, 3.8) is 0 Å². The first-order valence-corrected chi connectivity index (χ1v) is 9.69. The van der Waals surface area contributed by atoms with Gasteiger partial charge in [-0.25, -0.2) is 0 Å². The monoisotopic (exact) mass is 211 g/mol. The highest BCUT2D eigenvalue weighted by atomic mass is 32.4. The van der Waals surface area contributed by atoms with Gasteiger partial charge in [0.15, 0.2) is 0 Å². The molecule has 0 aliphatic rings. The molecule has 2 heteroatoms. The summed E-state index contributed by atoms with van der Waals surface area (Å²) in [6, 6.07) is 6.58. The van der Waals surface area contributed by atoms with E-state index < -0.39 is 7.22 Å². The maximum Gasteiger partial charge on any atom is 0.114 e. The van der Waals surface area contributed by atoms with Crippen LogP contribution < -0.4 is 0 Å². The minimum Gasteiger partial charge on any atom is -0.151 e. The molecule has 0 aliphatic carbocycles. The second-order valence-corrected chi connectivity index (χ2v) is 13.6. The van der Waals surface area contributed by atoms with E-state index in [9.17, 15) is 0 Å². The van der Waals surface area contributed by atoms with Crippen molar-refractivity contribution < 1.29 is 0 Å². The van der Waals surface area contributed by atoms with E-state index in [4.69, 9.17) is 0 Å². The van der Waals surface area contributed by atoms with E-state index in [-0.39, 0.29) is 0 Å². The third-order valence-electron chi connectivity index (χ3n) is 1.97. The van der Waals surface area contributed by atoms with E-state index in [0.717, 1.165) is 0 Å². The molecule has 1 rings (SSSR count). The molecule has 0 saturated heterocycles. The molecule has 0 aliphatic heterocycles. The van der Waals surface area contributed by atoms with E-state index in [0.29, 0.717) is 0 Å². The zero-order valence-corrected chi connectivity index (χ0v) is 11.0. The Kier molecular flexibility index (Phi) is 3.25. The summed E-state index contributed by atoms with van der Waals surface area (Å²) in [4.78, 5) is 1.47. The van der Waals surface area contributed by atoms with E-state index in [1.54, 1.807) is 0 Å². The summed E-state index contributed by atoms with van der Waals surface area (Å²) in [5.41, 5.74) is 2.86. The second-order valence-electron chi connectivity index (χ2n) is 4.41. The summed E-state index contributed by atoms with van der Waals surface area (Å²) in [7, 11) is -1.04. The number of benzene rings is 1. The van der Waals surface area contributed by atoms with Crippen LogP contribution in [-0.4, -0.2) is 7.22 Å². The van der Waals surface area contributed by atoms with Crippen molar-refractivity contribution in [2.24, 2.45) is 0 Å². The van der Waals surface area contributed by atoms with Crippen molar-refractivity contribution >= 4 is 18.4 Å². The van der Waals surface area contributed by atoms with Crippen molar-refractivity contribution in [2.75, 3.05) is 0 Å². The molecule has 0 radical (unpaired) electrons. The van der Waals surface area contributed by atoms with E-state index in [1.165, 1.54) is 16.0 Å². The van der Waals surface area contributed by atoms with Gasteiger partial charge in [-0.05, 0) is 31.0 Å². The molecule has 0 unspecified atom stereocenters. The SMILES string of the molecule is Cc1cccc(S[Si](C)(C)[13CH3])c1C. The molecule has 1 aromatic carbocycles. The Morgan fingerprint density at radius 1 is 1.08 bits per heavy atom. The van der Waals surface area contributed by atoms with Crippen LogP contribution in [0.15, 0.2) is 23.1 Å². The molecule has 0 fully saturated rings. The van der Waals surface area contributed by atoms with Gasteiger partial charge in [0, 0.05) is 4.90 Å². The maximum absolute atomic E-state index is 2.39. The smallest absolute Gasteiger partial charge is 0.114 e. The summed E-state index contributed by atoms with van der Waals surface area (Å²) in [6.45, 7) is 11.6. The summed E-state index contributed by atoms with van der Waals surface area (Å²) in [5, 5.41) is 0. The van der Waals surface area contributed by atoms with E-state index in [2.05, 4.69) is 62.9 Å². The van der Waals surface area contributed by atoms with Crippen molar-refractivity contribution in [1.82, 2.24) is 0 Å². The third kappa shape index (κ3) is 3.20. The first-order valence-electron chi connectivity index (χ1n) is 4.65. The lowest BCUT2D eigenvalue weighted by Gasteiger charge is -2.17. The molecule has 1 aromatic rings. The molecule has 0 nitrogen and oxygen atoms in total. The van der Waals surface area contributed by atoms with Gasteiger partial charge in [-0.15, -0.1) is 0 Å². The van der Waals surface area contributed by atoms with Crippen LogP contribution in [0.1, 0.15) is 11.1 Å². The normalized spacial score (nSPS) is 11.8. The molecule has 0 saturated carbocycles. The summed E-state index contributed by atoms with van der Waals surface area (Å²) < 4.78 is 0. The van der Waals surface area contributed by atoms with E-state index in [1.807, 2.05) is 0 Å². The lowest BCUT2D eigenvalue weighted by molar-refractivity contribution is 1.23. The topological polar surface area (TPSA) is 0 Å². The summed E-state index contributed by atoms with van der Waals surface area (Å²) >= 11 is 2.08. The fraction of sp³-hybridized carbons (Fsp3) is 0.455. The van der Waals surface area contributed by atoms with Gasteiger partial charge in [-0.1, -0.05) is 31.8 Å². The zero-order valence-electron chi connectivity index (χ0n) is 9.14. The molecular weight excluding hydrogens is 193 g/mol. The first kappa shape index (κ1) is 10.9. The molecule has 0 N–H and O–H groups in total. The van der Waals surface area contributed by atoms with Crippen LogP contribution >= 0.6 is 11.2 Å². The number of hydrogen-bond acceptors (Lipinski definition) is 1. The number of aryl methyl sites for hydroxylation is 1. The van der Waals surface area contributed by atoms with Gasteiger partial charge < -0.3 is 0 Å². The van der Waals surface area contributed by atoms with Crippen molar-refractivity contribution in [2.45, 2.75) is 38.4 Å². The highest BCUT2D eigenvalue weighted by Crippen LogP contribution is 2.32. The van der Waals surface area contributed by atoms with Crippen molar-refractivity contribution in [3.05, 3.63) is 29.3 Å². The lowest BCUT2D eigenvalue weighted by atomic mass is 10.1. The molecule has 72 valence electrons. The molecule has 0 atom stereocenters. The Bertz CT molecular complexity index is 299. The maximum atomic E-state index is 2.39. The Labute approximate surface area is 86.4 Å². The molecule has 0 spiro atoms. The predicted octanol–water partition coefficient (Wildman–Crippen LogP) is 4.23.